The van der Waals surface area contributed by atoms with Gasteiger partial charge in [0.2, 0.25) is 0 Å². The number of nitrogens with one attached hydrogen (secondary N) is 2. The van der Waals surface area contributed by atoms with Gasteiger partial charge in [-0.25, -0.2) is 4.79 Å². The average molecular weight is 233 g/mol. The molecule has 0 fully saturated rings. The van der Waals surface area contributed by atoms with Gasteiger partial charge < -0.3 is 15.4 Å². The first kappa shape index (κ1) is 12.5. The molecule has 6 nitrogen and oxygen atoms in total. The monoisotopic (exact) mass is 233 g/mol. The quantitative estimate of drug-likeness (QED) is 0.757. The van der Waals surface area contributed by atoms with E-state index in [0.717, 1.165) is 0 Å². The van der Waals surface area contributed by atoms with Gasteiger partial charge in [0, 0.05) is 5.69 Å². The molecule has 2 amide bonds. The molecule has 1 aromatic rings. The van der Waals surface area contributed by atoms with E-state index in [1.165, 1.54) is 13.2 Å². The zero-order valence-corrected chi connectivity index (χ0v) is 9.19. The highest BCUT2D eigenvalue weighted by Crippen LogP contribution is 2.09. The zero-order chi connectivity index (χ0) is 12.7. The molecule has 1 aromatic carbocycles. The molecule has 6 heteroatoms. The molecular formula is C11H11N3O3. The molecule has 0 bridgehead atoms. The van der Waals surface area contributed by atoms with Crippen LogP contribution in [0.5, 0.6) is 0 Å². The lowest BCUT2D eigenvalue weighted by Gasteiger charge is -2.06. The number of nitrogens with zero attached hydrogens (tertiary/aromatic N) is 1. The fraction of sp³-hybridized carbons (Fsp3) is 0.182. The summed E-state index contributed by atoms with van der Waals surface area (Å²) in [5, 5.41) is 13.5. The van der Waals surface area contributed by atoms with E-state index in [1.807, 2.05) is 6.07 Å². The van der Waals surface area contributed by atoms with Gasteiger partial charge in [-0.3, -0.25) is 4.79 Å². The second-order valence-corrected chi connectivity index (χ2v) is 3.08. The number of benzene rings is 1. The number of hydrogen-bond donors (Lipinski definition) is 2. The molecule has 0 radical (unpaired) electrons. The number of urea groups is 1. The Hall–Kier alpha value is -2.55. The highest BCUT2D eigenvalue weighted by atomic mass is 16.5. The van der Waals surface area contributed by atoms with Gasteiger partial charge in [0.05, 0.1) is 18.7 Å². The topological polar surface area (TPSA) is 91.2 Å². The molecule has 17 heavy (non-hydrogen) atoms. The molecule has 0 aromatic heterocycles. The van der Waals surface area contributed by atoms with E-state index in [1.54, 1.807) is 18.2 Å². The van der Waals surface area contributed by atoms with Crippen molar-refractivity contribution in [3.63, 3.8) is 0 Å². The second kappa shape index (κ2) is 6.12. The van der Waals surface area contributed by atoms with Crippen LogP contribution in [0.2, 0.25) is 0 Å². The van der Waals surface area contributed by atoms with Crippen LogP contribution in [0.3, 0.4) is 0 Å². The van der Waals surface area contributed by atoms with E-state index in [0.29, 0.717) is 11.3 Å². The van der Waals surface area contributed by atoms with E-state index in [4.69, 9.17) is 5.26 Å². The molecule has 0 atom stereocenters. The number of ether oxygens (including phenoxy) is 1. The lowest BCUT2D eigenvalue weighted by atomic mass is 10.2. The van der Waals surface area contributed by atoms with Crippen molar-refractivity contribution in [2.75, 3.05) is 19.0 Å². The Morgan fingerprint density at radius 1 is 1.47 bits per heavy atom. The molecule has 0 spiro atoms. The van der Waals surface area contributed by atoms with Crippen molar-refractivity contribution in [3.05, 3.63) is 29.8 Å². The minimum absolute atomic E-state index is 0.208. The first-order valence-electron chi connectivity index (χ1n) is 4.77. The minimum Gasteiger partial charge on any atom is -0.468 e. The highest BCUT2D eigenvalue weighted by molar-refractivity contribution is 5.91. The third-order valence-electron chi connectivity index (χ3n) is 1.87. The second-order valence-electron chi connectivity index (χ2n) is 3.08. The Kier molecular flexibility index (Phi) is 4.51. The summed E-state index contributed by atoms with van der Waals surface area (Å²) in [4.78, 5) is 22.1. The molecular weight excluding hydrogens is 222 g/mol. The Morgan fingerprint density at radius 3 is 2.88 bits per heavy atom. The smallest absolute Gasteiger partial charge is 0.325 e. The fourth-order valence-electron chi connectivity index (χ4n) is 1.07. The Labute approximate surface area is 98.2 Å². The van der Waals surface area contributed by atoms with Crippen LogP contribution in [-0.4, -0.2) is 25.7 Å². The number of anilines is 1. The zero-order valence-electron chi connectivity index (χ0n) is 9.19. The van der Waals surface area contributed by atoms with Crippen LogP contribution in [0.1, 0.15) is 5.56 Å². The van der Waals surface area contributed by atoms with E-state index < -0.39 is 12.0 Å². The molecule has 0 aliphatic heterocycles. The number of esters is 1. The van der Waals surface area contributed by atoms with Crippen molar-refractivity contribution in [3.8, 4) is 6.07 Å². The van der Waals surface area contributed by atoms with E-state index in [9.17, 15) is 9.59 Å². The number of nitriles is 1. The third-order valence-corrected chi connectivity index (χ3v) is 1.87. The number of hydrogen-bond acceptors (Lipinski definition) is 4. The molecule has 0 unspecified atom stereocenters. The van der Waals surface area contributed by atoms with Gasteiger partial charge in [0.1, 0.15) is 6.54 Å². The summed E-state index contributed by atoms with van der Waals surface area (Å²) in [7, 11) is 1.23. The molecule has 0 heterocycles. The van der Waals surface area contributed by atoms with Crippen molar-refractivity contribution < 1.29 is 14.3 Å². The SMILES string of the molecule is COC(=O)CNC(=O)Nc1cccc(C#N)c1. The first-order valence-corrected chi connectivity index (χ1v) is 4.77. The summed E-state index contributed by atoms with van der Waals surface area (Å²) in [6, 6.07) is 7.85. The standard InChI is InChI=1S/C11H11N3O3/c1-17-10(15)7-13-11(16)14-9-4-2-3-8(5-9)6-12/h2-5H,7H2,1H3,(H2,13,14,16). The van der Waals surface area contributed by atoms with Gasteiger partial charge in [-0.05, 0) is 18.2 Å². The van der Waals surface area contributed by atoms with Crippen molar-refractivity contribution >= 4 is 17.7 Å². The molecule has 0 saturated carbocycles. The summed E-state index contributed by atoms with van der Waals surface area (Å²) >= 11 is 0. The number of methoxy groups -OCH3 is 1. The summed E-state index contributed by atoms with van der Waals surface area (Å²) < 4.78 is 4.36. The Balaban J connectivity index is 2.51. The maximum absolute atomic E-state index is 11.3. The predicted octanol–water partition coefficient (Wildman–Crippen LogP) is 0.853. The van der Waals surface area contributed by atoms with Crippen molar-refractivity contribution in [1.29, 1.82) is 5.26 Å². The summed E-state index contributed by atoms with van der Waals surface area (Å²) in [5.74, 6) is -0.536. The molecule has 0 aliphatic carbocycles. The fourth-order valence-corrected chi connectivity index (χ4v) is 1.07. The van der Waals surface area contributed by atoms with E-state index in [2.05, 4.69) is 15.4 Å². The molecule has 2 N–H and O–H groups in total. The maximum atomic E-state index is 11.3. The summed E-state index contributed by atoms with van der Waals surface area (Å²) in [5.41, 5.74) is 0.919. The van der Waals surface area contributed by atoms with Gasteiger partial charge in [-0.15, -0.1) is 0 Å². The van der Waals surface area contributed by atoms with Crippen molar-refractivity contribution in [2.45, 2.75) is 0 Å². The van der Waals surface area contributed by atoms with Crippen molar-refractivity contribution in [2.24, 2.45) is 0 Å². The number of rotatable bonds is 3. The van der Waals surface area contributed by atoms with Gasteiger partial charge in [-0.2, -0.15) is 5.26 Å². The maximum Gasteiger partial charge on any atom is 0.325 e. The first-order chi connectivity index (χ1) is 8.15. The van der Waals surface area contributed by atoms with Crippen LogP contribution in [0.15, 0.2) is 24.3 Å². The van der Waals surface area contributed by atoms with Crippen LogP contribution in [-0.2, 0) is 9.53 Å². The Morgan fingerprint density at radius 2 is 2.24 bits per heavy atom. The van der Waals surface area contributed by atoms with Gasteiger partial charge in [0.15, 0.2) is 0 Å². The van der Waals surface area contributed by atoms with Crippen LogP contribution in [0.4, 0.5) is 10.5 Å². The molecule has 88 valence electrons. The lowest BCUT2D eigenvalue weighted by molar-refractivity contribution is -0.139. The molecule has 0 aliphatic rings. The molecule has 1 rings (SSSR count). The van der Waals surface area contributed by atoms with Crippen molar-refractivity contribution in [1.82, 2.24) is 5.32 Å². The van der Waals surface area contributed by atoms with Gasteiger partial charge >= 0.3 is 12.0 Å². The summed E-state index contributed by atoms with van der Waals surface area (Å²) in [6.07, 6.45) is 0. The number of amides is 2. The lowest BCUT2D eigenvalue weighted by Crippen LogP contribution is -2.33. The summed E-state index contributed by atoms with van der Waals surface area (Å²) in [6.45, 7) is -0.208. The highest BCUT2D eigenvalue weighted by Gasteiger charge is 2.05. The third kappa shape index (κ3) is 4.22. The number of carbonyl (C=O) groups is 2. The van der Waals surface area contributed by atoms with E-state index in [-0.39, 0.29) is 6.54 Å². The van der Waals surface area contributed by atoms with Crippen LogP contribution in [0, 0.1) is 11.3 Å². The predicted molar refractivity (Wildman–Crippen MR) is 60.2 cm³/mol. The van der Waals surface area contributed by atoms with Crippen LogP contribution in [0.25, 0.3) is 0 Å². The number of carbonyl (C=O) groups excluding carboxylic acids is 2. The largest absolute Gasteiger partial charge is 0.468 e. The minimum atomic E-state index is -0.537. The van der Waals surface area contributed by atoms with Gasteiger partial charge in [-0.1, -0.05) is 6.07 Å². The van der Waals surface area contributed by atoms with Crippen LogP contribution >= 0.6 is 0 Å². The Bertz CT molecular complexity index is 465. The molecule has 0 saturated heterocycles. The van der Waals surface area contributed by atoms with Crippen LogP contribution < -0.4 is 10.6 Å². The average Bonchev–Trinajstić information content (AvgIpc) is 2.36. The van der Waals surface area contributed by atoms with E-state index >= 15 is 0 Å². The normalized spacial score (nSPS) is 8.94. The van der Waals surface area contributed by atoms with Gasteiger partial charge in [0.25, 0.3) is 0 Å².